The maximum Gasteiger partial charge on any atom is 0.416 e. The number of nitrogens with zero attached hydrogens (tertiary/aromatic N) is 1. The topological polar surface area (TPSA) is 25.4 Å². The molecule has 3 aliphatic rings. The Kier molecular flexibility index (Phi) is 5.71. The molecule has 6 rings (SSSR count). The Morgan fingerprint density at radius 1 is 0.973 bits per heavy atom. The van der Waals surface area contributed by atoms with Gasteiger partial charge in [0.25, 0.3) is 0 Å². The second-order valence-corrected chi connectivity index (χ2v) is 11.0. The molecule has 0 amide bonds. The van der Waals surface area contributed by atoms with Crippen LogP contribution in [0, 0.1) is 17.7 Å². The van der Waals surface area contributed by atoms with Gasteiger partial charge in [0.1, 0.15) is 11.4 Å². The molecule has 2 fully saturated rings. The van der Waals surface area contributed by atoms with Gasteiger partial charge in [0.2, 0.25) is 0 Å². The number of hydrogen-bond donors (Lipinski definition) is 0. The van der Waals surface area contributed by atoms with Crippen LogP contribution in [0.5, 0.6) is 0 Å². The van der Waals surface area contributed by atoms with Gasteiger partial charge in [0.05, 0.1) is 17.9 Å². The SMILES string of the molecule is CC(C)c1nc2c(c(-c3ccc(F)cc3)c1C(F)c1ccc(C(F)(F)F)cc1)C1(CO1)CC(C1CC1)C2. The fourth-order valence-electron chi connectivity index (χ4n) is 6.02. The molecule has 2 heterocycles. The zero-order valence-electron chi connectivity index (χ0n) is 20.7. The van der Waals surface area contributed by atoms with Crippen LogP contribution in [0.25, 0.3) is 11.1 Å². The Labute approximate surface area is 212 Å². The highest BCUT2D eigenvalue weighted by Crippen LogP contribution is 2.58. The molecule has 3 aromatic rings. The van der Waals surface area contributed by atoms with Crippen molar-refractivity contribution in [2.75, 3.05) is 6.61 Å². The highest BCUT2D eigenvalue weighted by atomic mass is 19.4. The summed E-state index contributed by atoms with van der Waals surface area (Å²) in [6.45, 7) is 4.41. The van der Waals surface area contributed by atoms with Gasteiger partial charge < -0.3 is 4.74 Å². The van der Waals surface area contributed by atoms with Crippen molar-refractivity contribution < 1.29 is 26.7 Å². The molecule has 0 bridgehead atoms. The van der Waals surface area contributed by atoms with Gasteiger partial charge in [0.15, 0.2) is 6.17 Å². The molecule has 2 aromatic carbocycles. The molecule has 2 aliphatic carbocycles. The number of pyridine rings is 1. The predicted octanol–water partition coefficient (Wildman–Crippen LogP) is 8.29. The van der Waals surface area contributed by atoms with Crippen molar-refractivity contribution in [1.29, 1.82) is 0 Å². The Morgan fingerprint density at radius 3 is 2.16 bits per heavy atom. The second kappa shape index (κ2) is 8.62. The van der Waals surface area contributed by atoms with Crippen LogP contribution in [-0.2, 0) is 22.9 Å². The van der Waals surface area contributed by atoms with Crippen molar-refractivity contribution in [3.05, 3.63) is 88.0 Å². The van der Waals surface area contributed by atoms with E-state index in [-0.39, 0.29) is 11.5 Å². The van der Waals surface area contributed by atoms with Crippen molar-refractivity contribution in [2.45, 2.75) is 63.4 Å². The maximum absolute atomic E-state index is 16.6. The lowest BCUT2D eigenvalue weighted by atomic mass is 9.72. The molecule has 194 valence electrons. The van der Waals surface area contributed by atoms with Crippen LogP contribution in [-0.4, -0.2) is 11.6 Å². The van der Waals surface area contributed by atoms with Crippen molar-refractivity contribution in [3.63, 3.8) is 0 Å². The van der Waals surface area contributed by atoms with Crippen LogP contribution in [0.1, 0.15) is 78.8 Å². The quantitative estimate of drug-likeness (QED) is 0.253. The molecule has 0 N–H and O–H groups in total. The normalized spacial score (nSPS) is 23.8. The van der Waals surface area contributed by atoms with Gasteiger partial charge >= 0.3 is 6.18 Å². The fraction of sp³-hybridized carbons (Fsp3) is 0.433. The molecule has 3 unspecified atom stereocenters. The first-order chi connectivity index (χ1) is 17.6. The summed E-state index contributed by atoms with van der Waals surface area (Å²) in [5.74, 6) is 0.589. The summed E-state index contributed by atoms with van der Waals surface area (Å²) in [6, 6.07) is 10.2. The molecular weight excluding hydrogens is 485 g/mol. The molecule has 1 aliphatic heterocycles. The predicted molar refractivity (Wildman–Crippen MR) is 130 cm³/mol. The third kappa shape index (κ3) is 4.35. The number of rotatable bonds is 5. The van der Waals surface area contributed by atoms with E-state index in [0.717, 1.165) is 36.2 Å². The number of fused-ring (bicyclic) bond motifs is 2. The Morgan fingerprint density at radius 2 is 1.62 bits per heavy atom. The summed E-state index contributed by atoms with van der Waals surface area (Å²) in [5.41, 5.74) is 2.75. The third-order valence-electron chi connectivity index (χ3n) is 8.09. The average molecular weight is 514 g/mol. The summed E-state index contributed by atoms with van der Waals surface area (Å²) >= 11 is 0. The van der Waals surface area contributed by atoms with E-state index in [0.29, 0.717) is 40.8 Å². The highest BCUT2D eigenvalue weighted by molar-refractivity contribution is 5.76. The summed E-state index contributed by atoms with van der Waals surface area (Å²) in [4.78, 5) is 5.04. The number of epoxide rings is 1. The minimum Gasteiger partial charge on any atom is -0.364 e. The molecule has 1 spiro atoms. The van der Waals surface area contributed by atoms with E-state index in [2.05, 4.69) is 0 Å². The van der Waals surface area contributed by atoms with Crippen LogP contribution < -0.4 is 0 Å². The summed E-state index contributed by atoms with van der Waals surface area (Å²) in [6.07, 6.45) is -2.18. The van der Waals surface area contributed by atoms with Crippen LogP contribution >= 0.6 is 0 Å². The van der Waals surface area contributed by atoms with E-state index < -0.39 is 29.3 Å². The second-order valence-electron chi connectivity index (χ2n) is 11.0. The lowest BCUT2D eigenvalue weighted by molar-refractivity contribution is -0.137. The van der Waals surface area contributed by atoms with Crippen LogP contribution in [0.15, 0.2) is 48.5 Å². The zero-order valence-corrected chi connectivity index (χ0v) is 20.7. The van der Waals surface area contributed by atoms with Crippen LogP contribution in [0.3, 0.4) is 0 Å². The first-order valence-electron chi connectivity index (χ1n) is 12.9. The van der Waals surface area contributed by atoms with Crippen molar-refractivity contribution in [1.82, 2.24) is 4.98 Å². The highest BCUT2D eigenvalue weighted by Gasteiger charge is 2.56. The number of ether oxygens (including phenoxy) is 1. The Hall–Kier alpha value is -2.80. The smallest absolute Gasteiger partial charge is 0.364 e. The Balaban J connectivity index is 1.57. The largest absolute Gasteiger partial charge is 0.416 e. The molecule has 37 heavy (non-hydrogen) atoms. The van der Waals surface area contributed by atoms with E-state index in [1.165, 1.54) is 37.1 Å². The molecular formula is C30H28F5NO. The minimum atomic E-state index is -4.51. The zero-order chi connectivity index (χ0) is 26.1. The molecule has 3 atom stereocenters. The van der Waals surface area contributed by atoms with Gasteiger partial charge in [0, 0.05) is 16.8 Å². The standard InChI is InChI=1S/C30H28F5NO/c1-16(2)28-25(27(32)19-5-9-21(10-6-19)30(33,34)35)24(18-7-11-22(31)12-8-18)26-23(36-28)13-20(17-3-4-17)14-29(26)15-37-29/h5-12,16-17,20,27H,3-4,13-15H2,1-2H3. The summed E-state index contributed by atoms with van der Waals surface area (Å²) < 4.78 is 76.0. The monoisotopic (exact) mass is 513 g/mol. The van der Waals surface area contributed by atoms with E-state index in [9.17, 15) is 17.6 Å². The minimum absolute atomic E-state index is 0.123. The number of halogens is 5. The molecule has 1 saturated heterocycles. The van der Waals surface area contributed by atoms with E-state index in [1.54, 1.807) is 12.1 Å². The lowest BCUT2D eigenvalue weighted by Gasteiger charge is -2.34. The molecule has 0 radical (unpaired) electrons. The maximum atomic E-state index is 16.6. The van der Waals surface area contributed by atoms with Gasteiger partial charge in [-0.1, -0.05) is 38.1 Å². The molecule has 2 nitrogen and oxygen atoms in total. The van der Waals surface area contributed by atoms with Gasteiger partial charge in [-0.15, -0.1) is 0 Å². The van der Waals surface area contributed by atoms with Crippen LogP contribution in [0.2, 0.25) is 0 Å². The van der Waals surface area contributed by atoms with Gasteiger partial charge in [-0.25, -0.2) is 8.78 Å². The van der Waals surface area contributed by atoms with E-state index >= 15 is 4.39 Å². The number of aromatic nitrogens is 1. The fourth-order valence-corrected chi connectivity index (χ4v) is 6.02. The Bertz CT molecular complexity index is 1320. The summed E-state index contributed by atoms with van der Waals surface area (Å²) in [7, 11) is 0. The van der Waals surface area contributed by atoms with Crippen LogP contribution in [0.4, 0.5) is 22.0 Å². The van der Waals surface area contributed by atoms with Gasteiger partial charge in [-0.2, -0.15) is 13.2 Å². The average Bonchev–Trinajstić information content (AvgIpc) is 3.79. The third-order valence-corrected chi connectivity index (χ3v) is 8.09. The van der Waals surface area contributed by atoms with Crippen molar-refractivity contribution in [2.24, 2.45) is 11.8 Å². The first-order valence-corrected chi connectivity index (χ1v) is 12.9. The van der Waals surface area contributed by atoms with Crippen molar-refractivity contribution in [3.8, 4) is 11.1 Å². The molecule has 1 saturated carbocycles. The van der Waals surface area contributed by atoms with E-state index in [1.807, 2.05) is 13.8 Å². The lowest BCUT2D eigenvalue weighted by Crippen LogP contribution is -2.30. The number of hydrogen-bond acceptors (Lipinski definition) is 2. The molecule has 7 heteroatoms. The van der Waals surface area contributed by atoms with Gasteiger partial charge in [-0.05, 0) is 84.4 Å². The first kappa shape index (κ1) is 24.5. The van der Waals surface area contributed by atoms with E-state index in [4.69, 9.17) is 9.72 Å². The van der Waals surface area contributed by atoms with Gasteiger partial charge in [-0.3, -0.25) is 4.98 Å². The van der Waals surface area contributed by atoms with Crippen molar-refractivity contribution >= 4 is 0 Å². The number of benzene rings is 2. The summed E-state index contributed by atoms with van der Waals surface area (Å²) in [5, 5.41) is 0. The number of alkyl halides is 4. The molecule has 1 aromatic heterocycles.